The van der Waals surface area contributed by atoms with E-state index in [1.807, 2.05) is 0 Å². The molecule has 7 nitrogen and oxygen atoms in total. The molecule has 4 rings (SSSR count). The molecule has 12 heteroatoms. The molecule has 1 amide bonds. The summed E-state index contributed by atoms with van der Waals surface area (Å²) in [5.41, 5.74) is -3.51. The predicted octanol–water partition coefficient (Wildman–Crippen LogP) is 4.39. The second-order valence-corrected chi connectivity index (χ2v) is 12.8. The first-order valence-electron chi connectivity index (χ1n) is 12.5. The van der Waals surface area contributed by atoms with Crippen molar-refractivity contribution in [3.05, 3.63) is 65.5 Å². The monoisotopic (exact) mass is 571 g/mol. The van der Waals surface area contributed by atoms with Crippen LogP contribution in [0.25, 0.3) is 0 Å². The van der Waals surface area contributed by atoms with Crippen LogP contribution in [0.3, 0.4) is 0 Å². The molecule has 1 saturated heterocycles. The number of hydrogen-bond donors (Lipinski definition) is 2. The van der Waals surface area contributed by atoms with E-state index >= 15 is 0 Å². The van der Waals surface area contributed by atoms with E-state index in [0.717, 1.165) is 36.4 Å². The van der Waals surface area contributed by atoms with Crippen LogP contribution in [0.4, 0.5) is 17.6 Å². The number of carbonyl (C=O) groups excluding carboxylic acids is 1. The number of carbonyl (C=O) groups is 2. The Kier molecular flexibility index (Phi) is 7.59. The second-order valence-electron chi connectivity index (χ2n) is 10.5. The minimum absolute atomic E-state index is 0.0557. The number of carboxylic acid groups (broad SMARTS) is 1. The SMILES string of the molecule is CC(O)(c1ccc(C2(S(=O)(=O)c3ccc(F)cc3)CCN(C(=O)C3CCC(C(=O)O)CC3)C2)cc1)C(F)(F)F. The molecule has 2 aliphatic rings. The van der Waals surface area contributed by atoms with Crippen molar-refractivity contribution in [3.63, 3.8) is 0 Å². The Labute approximate surface area is 223 Å². The van der Waals surface area contributed by atoms with Crippen molar-refractivity contribution in [2.24, 2.45) is 11.8 Å². The van der Waals surface area contributed by atoms with Crippen LogP contribution in [-0.4, -0.2) is 54.7 Å². The van der Waals surface area contributed by atoms with Gasteiger partial charge in [-0.25, -0.2) is 12.8 Å². The molecule has 0 aromatic heterocycles. The molecule has 39 heavy (non-hydrogen) atoms. The molecule has 2 atom stereocenters. The van der Waals surface area contributed by atoms with E-state index in [2.05, 4.69) is 0 Å². The van der Waals surface area contributed by atoms with Gasteiger partial charge in [0.1, 0.15) is 10.6 Å². The van der Waals surface area contributed by atoms with E-state index < -0.39 is 55.5 Å². The summed E-state index contributed by atoms with van der Waals surface area (Å²) in [5, 5.41) is 19.3. The van der Waals surface area contributed by atoms with E-state index in [1.54, 1.807) is 0 Å². The molecule has 2 fully saturated rings. The third-order valence-corrected chi connectivity index (χ3v) is 10.6. The highest BCUT2D eigenvalue weighted by Crippen LogP contribution is 2.46. The number of hydrogen-bond acceptors (Lipinski definition) is 5. The molecule has 2 aromatic carbocycles. The number of aliphatic carboxylic acids is 1. The Morgan fingerprint density at radius 3 is 2.00 bits per heavy atom. The fraction of sp³-hybridized carbons (Fsp3) is 0.481. The molecule has 0 radical (unpaired) electrons. The lowest BCUT2D eigenvalue weighted by molar-refractivity contribution is -0.258. The number of halogens is 4. The summed E-state index contributed by atoms with van der Waals surface area (Å²) in [6.07, 6.45) is -3.66. The lowest BCUT2D eigenvalue weighted by atomic mass is 9.81. The summed E-state index contributed by atoms with van der Waals surface area (Å²) >= 11 is 0. The first-order valence-corrected chi connectivity index (χ1v) is 14.0. The first kappa shape index (κ1) is 29.0. The van der Waals surface area contributed by atoms with Crippen LogP contribution < -0.4 is 0 Å². The number of carboxylic acids is 1. The maximum absolute atomic E-state index is 14.0. The van der Waals surface area contributed by atoms with Crippen molar-refractivity contribution >= 4 is 21.7 Å². The summed E-state index contributed by atoms with van der Waals surface area (Å²) in [6, 6.07) is 8.64. The van der Waals surface area contributed by atoms with Gasteiger partial charge in [-0.05, 0) is 74.4 Å². The molecule has 2 aromatic rings. The number of amides is 1. The topological polar surface area (TPSA) is 112 Å². The van der Waals surface area contributed by atoms with Crippen molar-refractivity contribution in [1.29, 1.82) is 0 Å². The number of benzene rings is 2. The van der Waals surface area contributed by atoms with Gasteiger partial charge >= 0.3 is 12.1 Å². The van der Waals surface area contributed by atoms with Crippen LogP contribution in [0.1, 0.15) is 50.2 Å². The predicted molar refractivity (Wildman–Crippen MR) is 132 cm³/mol. The summed E-state index contributed by atoms with van der Waals surface area (Å²) < 4.78 is 80.0. The van der Waals surface area contributed by atoms with Crippen molar-refractivity contribution in [3.8, 4) is 0 Å². The van der Waals surface area contributed by atoms with E-state index in [9.17, 15) is 45.8 Å². The van der Waals surface area contributed by atoms with Crippen molar-refractivity contribution in [2.75, 3.05) is 13.1 Å². The van der Waals surface area contributed by atoms with Crippen molar-refractivity contribution in [1.82, 2.24) is 4.90 Å². The molecular formula is C27H29F4NO6S. The van der Waals surface area contributed by atoms with E-state index in [1.165, 1.54) is 17.0 Å². The zero-order valence-electron chi connectivity index (χ0n) is 21.1. The third kappa shape index (κ3) is 5.16. The number of likely N-dealkylation sites (tertiary alicyclic amines) is 1. The van der Waals surface area contributed by atoms with Gasteiger partial charge in [-0.3, -0.25) is 9.59 Å². The molecule has 212 valence electrons. The summed E-state index contributed by atoms with van der Waals surface area (Å²) in [7, 11) is -4.29. The van der Waals surface area contributed by atoms with Gasteiger partial charge in [-0.1, -0.05) is 24.3 Å². The lowest BCUT2D eigenvalue weighted by Crippen LogP contribution is -2.43. The van der Waals surface area contributed by atoms with Crippen LogP contribution in [0.15, 0.2) is 53.4 Å². The number of alkyl halides is 3. The van der Waals surface area contributed by atoms with Crippen LogP contribution in [0.2, 0.25) is 0 Å². The largest absolute Gasteiger partial charge is 0.481 e. The molecule has 2 N–H and O–H groups in total. The highest BCUT2D eigenvalue weighted by Gasteiger charge is 2.54. The first-order chi connectivity index (χ1) is 18.1. The normalized spacial score (nSPS) is 25.7. The number of rotatable bonds is 6. The van der Waals surface area contributed by atoms with E-state index in [4.69, 9.17) is 0 Å². The van der Waals surface area contributed by atoms with Gasteiger partial charge in [0, 0.05) is 19.0 Å². The Hall–Kier alpha value is -2.99. The molecule has 1 aliphatic heterocycles. The zero-order valence-corrected chi connectivity index (χ0v) is 21.9. The van der Waals surface area contributed by atoms with Crippen LogP contribution in [-0.2, 0) is 29.8 Å². The zero-order chi connectivity index (χ0) is 28.8. The number of aliphatic hydroxyl groups is 1. The summed E-state index contributed by atoms with van der Waals surface area (Å²) in [5.74, 6) is -2.86. The number of nitrogens with zero attached hydrogens (tertiary/aromatic N) is 1. The fourth-order valence-corrected chi connectivity index (χ4v) is 7.61. The molecule has 1 saturated carbocycles. The van der Waals surface area contributed by atoms with Gasteiger partial charge in [0.05, 0.1) is 10.8 Å². The molecule has 1 aliphatic carbocycles. The van der Waals surface area contributed by atoms with Gasteiger partial charge in [0.15, 0.2) is 15.4 Å². The molecule has 1 heterocycles. The highest BCUT2D eigenvalue weighted by atomic mass is 32.2. The van der Waals surface area contributed by atoms with Gasteiger partial charge in [-0.2, -0.15) is 13.2 Å². The van der Waals surface area contributed by atoms with E-state index in [-0.39, 0.29) is 35.9 Å². The third-order valence-electron chi connectivity index (χ3n) is 8.13. The minimum Gasteiger partial charge on any atom is -0.481 e. The summed E-state index contributed by atoms with van der Waals surface area (Å²) in [4.78, 5) is 25.9. The average molecular weight is 572 g/mol. The van der Waals surface area contributed by atoms with Crippen molar-refractivity contribution < 1.29 is 45.8 Å². The average Bonchev–Trinajstić information content (AvgIpc) is 3.35. The Bertz CT molecular complexity index is 1330. The smallest absolute Gasteiger partial charge is 0.421 e. The number of sulfone groups is 1. The lowest BCUT2D eigenvalue weighted by Gasteiger charge is -2.33. The Morgan fingerprint density at radius 2 is 1.49 bits per heavy atom. The second kappa shape index (κ2) is 10.2. The minimum atomic E-state index is -4.97. The maximum atomic E-state index is 14.0. The standard InChI is InChI=1S/C27H29F4NO6S/c1-25(36,27(29,30)31)19-6-8-20(9-7-19)26(39(37,38)22-12-10-21(28)11-13-22)14-15-32(16-26)23(33)17-2-4-18(5-3-17)24(34)35/h6-13,17-18,36H,2-5,14-16H2,1H3,(H,34,35). The quantitative estimate of drug-likeness (QED) is 0.393. The Balaban J connectivity index is 1.70. The van der Waals surface area contributed by atoms with Gasteiger partial charge in [0.2, 0.25) is 5.91 Å². The van der Waals surface area contributed by atoms with Gasteiger partial charge in [0.25, 0.3) is 0 Å². The van der Waals surface area contributed by atoms with Crippen LogP contribution >= 0.6 is 0 Å². The molecule has 2 unspecified atom stereocenters. The van der Waals surface area contributed by atoms with Crippen molar-refractivity contribution in [2.45, 2.75) is 60.4 Å². The molecule has 0 bridgehead atoms. The summed E-state index contributed by atoms with van der Waals surface area (Å²) in [6.45, 7) is 0.377. The van der Waals surface area contributed by atoms with Gasteiger partial charge in [-0.15, -0.1) is 0 Å². The Morgan fingerprint density at radius 1 is 0.949 bits per heavy atom. The highest BCUT2D eigenvalue weighted by molar-refractivity contribution is 7.92. The van der Waals surface area contributed by atoms with E-state index in [0.29, 0.717) is 32.6 Å². The van der Waals surface area contributed by atoms with Crippen LogP contribution in [0, 0.1) is 17.7 Å². The maximum Gasteiger partial charge on any atom is 0.421 e. The molecular weight excluding hydrogens is 542 g/mol. The van der Waals surface area contributed by atoms with Crippen LogP contribution in [0.5, 0.6) is 0 Å². The molecule has 0 spiro atoms. The van der Waals surface area contributed by atoms with Gasteiger partial charge < -0.3 is 15.1 Å². The fourth-order valence-electron chi connectivity index (χ4n) is 5.53.